The van der Waals surface area contributed by atoms with Crippen molar-refractivity contribution < 1.29 is 4.74 Å². The zero-order valence-electron chi connectivity index (χ0n) is 19.0. The summed E-state index contributed by atoms with van der Waals surface area (Å²) in [7, 11) is 0. The Balaban J connectivity index is 0.00000289. The number of halogens is 1. The predicted octanol–water partition coefficient (Wildman–Crippen LogP) is 4.59. The van der Waals surface area contributed by atoms with Crippen molar-refractivity contribution in [3.63, 3.8) is 0 Å². The third kappa shape index (κ3) is 5.37. The van der Waals surface area contributed by atoms with Crippen LogP contribution in [0.5, 0.6) is 5.75 Å². The van der Waals surface area contributed by atoms with Crippen LogP contribution in [-0.2, 0) is 0 Å². The second kappa shape index (κ2) is 10.7. The van der Waals surface area contributed by atoms with Gasteiger partial charge in [-0.05, 0) is 75.9 Å². The molecule has 2 aromatic heterocycles. The van der Waals surface area contributed by atoms with E-state index >= 15 is 0 Å². The SMILES string of the molecule is Cc1cccnc1-n1nc(C)c(-c2ccc(OCCCN3CCC[C@H]3C)cc2)cc1=O.Cl. The molecular weight excluding hydrogens is 424 g/mol. The van der Waals surface area contributed by atoms with Crippen molar-refractivity contribution >= 4 is 12.4 Å². The Morgan fingerprint density at radius 1 is 1.16 bits per heavy atom. The van der Waals surface area contributed by atoms with E-state index < -0.39 is 0 Å². The first-order chi connectivity index (χ1) is 15.0. The number of hydrogen-bond acceptors (Lipinski definition) is 5. The maximum atomic E-state index is 12.7. The standard InChI is InChI=1S/C25H30N4O2.ClH/c1-18-7-4-13-26-25(18)29-24(30)17-23(20(3)27-29)21-9-11-22(12-10-21)31-16-6-15-28-14-5-8-19(28)2;/h4,7,9-13,17,19H,5-6,8,14-16H2,1-3H3;1H/t19-;/m1./s1. The van der Waals surface area contributed by atoms with Gasteiger partial charge in [0, 0.05) is 30.4 Å². The summed E-state index contributed by atoms with van der Waals surface area (Å²) in [5.74, 6) is 1.41. The van der Waals surface area contributed by atoms with E-state index in [0.29, 0.717) is 18.5 Å². The van der Waals surface area contributed by atoms with Crippen LogP contribution in [0.3, 0.4) is 0 Å². The van der Waals surface area contributed by atoms with Crippen molar-refractivity contribution in [2.75, 3.05) is 19.7 Å². The lowest BCUT2D eigenvalue weighted by molar-refractivity contribution is 0.230. The van der Waals surface area contributed by atoms with Crippen LogP contribution in [0.15, 0.2) is 53.5 Å². The van der Waals surface area contributed by atoms with Crippen molar-refractivity contribution in [1.82, 2.24) is 19.7 Å². The van der Waals surface area contributed by atoms with Crippen LogP contribution in [-0.4, -0.2) is 45.4 Å². The Labute approximate surface area is 195 Å². The molecular formula is C25H31ClN4O2. The molecule has 1 atom stereocenters. The number of ether oxygens (including phenoxy) is 1. The van der Waals surface area contributed by atoms with Crippen LogP contribution >= 0.6 is 12.4 Å². The molecule has 0 aliphatic carbocycles. The van der Waals surface area contributed by atoms with Gasteiger partial charge in [-0.15, -0.1) is 12.4 Å². The Hall–Kier alpha value is -2.70. The minimum atomic E-state index is -0.195. The minimum Gasteiger partial charge on any atom is -0.494 e. The molecule has 0 amide bonds. The fraction of sp³-hybridized carbons (Fsp3) is 0.400. The van der Waals surface area contributed by atoms with E-state index in [2.05, 4.69) is 21.9 Å². The molecule has 0 saturated carbocycles. The summed E-state index contributed by atoms with van der Waals surface area (Å²) in [6.45, 7) is 9.15. The van der Waals surface area contributed by atoms with Crippen molar-refractivity contribution in [2.45, 2.75) is 46.1 Å². The van der Waals surface area contributed by atoms with Gasteiger partial charge < -0.3 is 9.64 Å². The van der Waals surface area contributed by atoms with Crippen molar-refractivity contribution in [2.24, 2.45) is 0 Å². The van der Waals surface area contributed by atoms with Gasteiger partial charge in [0.25, 0.3) is 5.56 Å². The highest BCUT2D eigenvalue weighted by atomic mass is 35.5. The zero-order chi connectivity index (χ0) is 21.8. The van der Waals surface area contributed by atoms with Gasteiger partial charge >= 0.3 is 0 Å². The Kier molecular flexibility index (Phi) is 8.04. The largest absolute Gasteiger partial charge is 0.494 e. The predicted molar refractivity (Wildman–Crippen MR) is 130 cm³/mol. The van der Waals surface area contributed by atoms with Crippen LogP contribution < -0.4 is 10.3 Å². The molecule has 0 radical (unpaired) electrons. The lowest BCUT2D eigenvalue weighted by atomic mass is 10.1. The summed E-state index contributed by atoms with van der Waals surface area (Å²) in [6, 6.07) is 14.0. The molecule has 1 aliphatic rings. The highest BCUT2D eigenvalue weighted by molar-refractivity contribution is 5.85. The van der Waals surface area contributed by atoms with E-state index in [1.54, 1.807) is 12.3 Å². The summed E-state index contributed by atoms with van der Waals surface area (Å²) in [5.41, 5.74) is 3.26. The van der Waals surface area contributed by atoms with E-state index in [1.165, 1.54) is 24.1 Å². The number of pyridine rings is 1. The Morgan fingerprint density at radius 3 is 2.62 bits per heavy atom. The number of hydrogen-bond donors (Lipinski definition) is 0. The molecule has 6 nitrogen and oxygen atoms in total. The molecule has 0 bridgehead atoms. The average Bonchev–Trinajstić information content (AvgIpc) is 3.18. The quantitative estimate of drug-likeness (QED) is 0.489. The number of rotatable bonds is 7. The monoisotopic (exact) mass is 454 g/mol. The molecule has 1 aliphatic heterocycles. The molecule has 0 N–H and O–H groups in total. The molecule has 7 heteroatoms. The molecule has 3 aromatic rings. The fourth-order valence-corrected chi connectivity index (χ4v) is 4.20. The van der Waals surface area contributed by atoms with Gasteiger partial charge in [-0.1, -0.05) is 18.2 Å². The average molecular weight is 455 g/mol. The second-order valence-corrected chi connectivity index (χ2v) is 8.29. The van der Waals surface area contributed by atoms with Gasteiger partial charge in [0.2, 0.25) is 0 Å². The summed E-state index contributed by atoms with van der Waals surface area (Å²) >= 11 is 0. The van der Waals surface area contributed by atoms with Crippen molar-refractivity contribution in [1.29, 1.82) is 0 Å². The number of likely N-dealkylation sites (tertiary alicyclic amines) is 1. The van der Waals surface area contributed by atoms with Gasteiger partial charge in [-0.25, -0.2) is 4.98 Å². The summed E-state index contributed by atoms with van der Waals surface area (Å²) in [4.78, 5) is 19.6. The van der Waals surface area contributed by atoms with E-state index in [1.807, 2.05) is 50.2 Å². The van der Waals surface area contributed by atoms with Crippen molar-refractivity contribution in [3.05, 3.63) is 70.3 Å². The van der Waals surface area contributed by atoms with Gasteiger partial charge in [0.15, 0.2) is 5.82 Å². The van der Waals surface area contributed by atoms with E-state index in [9.17, 15) is 4.79 Å². The van der Waals surface area contributed by atoms with Crippen molar-refractivity contribution in [3.8, 4) is 22.7 Å². The second-order valence-electron chi connectivity index (χ2n) is 8.29. The Bertz CT molecular complexity index is 1100. The third-order valence-corrected chi connectivity index (χ3v) is 6.01. The molecule has 32 heavy (non-hydrogen) atoms. The maximum absolute atomic E-state index is 12.7. The Morgan fingerprint density at radius 2 is 1.94 bits per heavy atom. The van der Waals surface area contributed by atoms with Crippen LogP contribution in [0.2, 0.25) is 0 Å². The topological polar surface area (TPSA) is 60.2 Å². The first-order valence-corrected chi connectivity index (χ1v) is 11.0. The van der Waals surface area contributed by atoms with E-state index in [4.69, 9.17) is 4.74 Å². The summed E-state index contributed by atoms with van der Waals surface area (Å²) in [5, 5.41) is 4.51. The maximum Gasteiger partial charge on any atom is 0.273 e. The van der Waals surface area contributed by atoms with E-state index in [0.717, 1.165) is 41.1 Å². The van der Waals surface area contributed by atoms with E-state index in [-0.39, 0.29) is 18.0 Å². The van der Waals surface area contributed by atoms with Crippen LogP contribution in [0.25, 0.3) is 16.9 Å². The first-order valence-electron chi connectivity index (χ1n) is 11.0. The fourth-order valence-electron chi connectivity index (χ4n) is 4.20. The molecule has 0 unspecified atom stereocenters. The number of aryl methyl sites for hydroxylation is 2. The van der Waals surface area contributed by atoms with Crippen LogP contribution in [0.1, 0.15) is 37.4 Å². The number of benzene rings is 1. The molecule has 1 fully saturated rings. The van der Waals surface area contributed by atoms with Gasteiger partial charge in [-0.3, -0.25) is 4.79 Å². The first kappa shape index (κ1) is 24.0. The molecule has 4 rings (SSSR count). The highest BCUT2D eigenvalue weighted by Gasteiger charge is 2.19. The zero-order valence-corrected chi connectivity index (χ0v) is 19.8. The van der Waals surface area contributed by atoms with Gasteiger partial charge in [0.05, 0.1) is 12.3 Å². The normalized spacial score (nSPS) is 16.0. The molecule has 0 spiro atoms. The molecule has 170 valence electrons. The lowest BCUT2D eigenvalue weighted by Crippen LogP contribution is -2.28. The lowest BCUT2D eigenvalue weighted by Gasteiger charge is -2.20. The third-order valence-electron chi connectivity index (χ3n) is 6.01. The molecule has 1 aromatic carbocycles. The molecule has 3 heterocycles. The highest BCUT2D eigenvalue weighted by Crippen LogP contribution is 2.24. The molecule has 1 saturated heterocycles. The van der Waals surface area contributed by atoms with Crippen LogP contribution in [0.4, 0.5) is 0 Å². The van der Waals surface area contributed by atoms with Gasteiger partial charge in [-0.2, -0.15) is 9.78 Å². The van der Waals surface area contributed by atoms with Gasteiger partial charge in [0.1, 0.15) is 5.75 Å². The summed E-state index contributed by atoms with van der Waals surface area (Å²) < 4.78 is 7.29. The smallest absolute Gasteiger partial charge is 0.273 e. The minimum absolute atomic E-state index is 0. The van der Waals surface area contributed by atoms with Crippen LogP contribution in [0, 0.1) is 13.8 Å². The number of aromatic nitrogens is 3. The number of nitrogens with zero attached hydrogens (tertiary/aromatic N) is 4. The summed E-state index contributed by atoms with van der Waals surface area (Å²) in [6.07, 6.45) is 5.32.